The predicted molar refractivity (Wildman–Crippen MR) is 96.1 cm³/mol. The normalized spacial score (nSPS) is 11.5. The molecular formula is C18H31N3O2. The Morgan fingerprint density at radius 1 is 0.957 bits per heavy atom. The van der Waals surface area contributed by atoms with E-state index in [1.165, 1.54) is 5.56 Å². The van der Waals surface area contributed by atoms with Crippen LogP contribution < -0.4 is 10.6 Å². The highest BCUT2D eigenvalue weighted by molar-refractivity contribution is 5.79. The molecule has 0 heterocycles. The van der Waals surface area contributed by atoms with E-state index in [0.717, 1.165) is 64.7 Å². The number of rotatable bonds is 12. The average molecular weight is 321 g/mol. The standard InChI is InChI=1S/C18H31N3O2/c1-3-22-14-7-12-20-18(19-2)21-13-8-15-23-16-11-17-9-5-4-6-10-17/h4-6,9-10H,3,7-8,11-16H2,1-2H3,(H2,19,20,21). The van der Waals surface area contributed by atoms with E-state index in [0.29, 0.717) is 0 Å². The Bertz CT molecular complexity index is 410. The second-order valence-corrected chi connectivity index (χ2v) is 5.18. The highest BCUT2D eigenvalue weighted by Gasteiger charge is 1.97. The van der Waals surface area contributed by atoms with E-state index in [4.69, 9.17) is 9.47 Å². The molecule has 1 rings (SSSR count). The molecule has 2 N–H and O–H groups in total. The molecule has 0 spiro atoms. The number of ether oxygens (including phenoxy) is 2. The van der Waals surface area contributed by atoms with Crippen LogP contribution in [0.3, 0.4) is 0 Å². The molecule has 1 aromatic rings. The van der Waals surface area contributed by atoms with Crippen LogP contribution >= 0.6 is 0 Å². The Labute approximate surface area is 140 Å². The molecule has 0 bridgehead atoms. The second-order valence-electron chi connectivity index (χ2n) is 5.18. The Morgan fingerprint density at radius 2 is 1.61 bits per heavy atom. The minimum absolute atomic E-state index is 0.765. The van der Waals surface area contributed by atoms with Crippen molar-refractivity contribution < 1.29 is 9.47 Å². The topological polar surface area (TPSA) is 54.9 Å². The van der Waals surface area contributed by atoms with Gasteiger partial charge in [-0.3, -0.25) is 4.99 Å². The summed E-state index contributed by atoms with van der Waals surface area (Å²) in [6.07, 6.45) is 2.92. The smallest absolute Gasteiger partial charge is 0.190 e. The number of aliphatic imine (C=N–C) groups is 1. The molecule has 0 fully saturated rings. The van der Waals surface area contributed by atoms with E-state index in [-0.39, 0.29) is 0 Å². The fourth-order valence-electron chi connectivity index (χ4n) is 2.06. The van der Waals surface area contributed by atoms with Crippen LogP contribution in [0, 0.1) is 0 Å². The summed E-state index contributed by atoms with van der Waals surface area (Å²) in [5.74, 6) is 0.839. The molecule has 23 heavy (non-hydrogen) atoms. The summed E-state index contributed by atoms with van der Waals surface area (Å²) in [5, 5.41) is 6.56. The molecule has 0 amide bonds. The number of benzene rings is 1. The maximum atomic E-state index is 5.66. The van der Waals surface area contributed by atoms with Crippen molar-refractivity contribution in [1.29, 1.82) is 0 Å². The van der Waals surface area contributed by atoms with Crippen molar-refractivity contribution in [3.63, 3.8) is 0 Å². The zero-order chi connectivity index (χ0) is 16.6. The van der Waals surface area contributed by atoms with Crippen LogP contribution in [-0.2, 0) is 15.9 Å². The molecule has 0 radical (unpaired) electrons. The summed E-state index contributed by atoms with van der Waals surface area (Å²) in [6, 6.07) is 10.4. The molecule has 0 unspecified atom stereocenters. The van der Waals surface area contributed by atoms with Gasteiger partial charge in [0.05, 0.1) is 6.61 Å². The molecule has 0 aliphatic heterocycles. The number of hydrogen-bond acceptors (Lipinski definition) is 3. The van der Waals surface area contributed by atoms with Gasteiger partial charge in [0.25, 0.3) is 0 Å². The molecule has 1 aromatic carbocycles. The van der Waals surface area contributed by atoms with Crippen molar-refractivity contribution >= 4 is 5.96 Å². The van der Waals surface area contributed by atoms with Gasteiger partial charge < -0.3 is 20.1 Å². The quantitative estimate of drug-likeness (QED) is 0.352. The zero-order valence-electron chi connectivity index (χ0n) is 14.5. The van der Waals surface area contributed by atoms with E-state index < -0.39 is 0 Å². The highest BCUT2D eigenvalue weighted by Crippen LogP contribution is 1.99. The van der Waals surface area contributed by atoms with E-state index in [1.54, 1.807) is 7.05 Å². The zero-order valence-corrected chi connectivity index (χ0v) is 14.5. The number of guanidine groups is 1. The summed E-state index contributed by atoms with van der Waals surface area (Å²) < 4.78 is 11.0. The van der Waals surface area contributed by atoms with Crippen molar-refractivity contribution in [3.8, 4) is 0 Å². The Kier molecular flexibility index (Phi) is 11.9. The van der Waals surface area contributed by atoms with Crippen molar-refractivity contribution in [2.45, 2.75) is 26.2 Å². The summed E-state index contributed by atoms with van der Waals surface area (Å²) in [6.45, 7) is 6.84. The SMILES string of the molecule is CCOCCCNC(=NC)NCCCOCCc1ccccc1. The highest BCUT2D eigenvalue weighted by atomic mass is 16.5. The second kappa shape index (κ2) is 14.0. The van der Waals surface area contributed by atoms with Crippen LogP contribution in [0.2, 0.25) is 0 Å². The summed E-state index contributed by atoms with van der Waals surface area (Å²) >= 11 is 0. The van der Waals surface area contributed by atoms with Gasteiger partial charge >= 0.3 is 0 Å². The van der Waals surface area contributed by atoms with E-state index >= 15 is 0 Å². The first kappa shape index (κ1) is 19.5. The monoisotopic (exact) mass is 321 g/mol. The molecule has 0 aromatic heterocycles. The first-order chi connectivity index (χ1) is 11.4. The van der Waals surface area contributed by atoms with Gasteiger partial charge in [-0.25, -0.2) is 0 Å². The Balaban J connectivity index is 1.94. The fraction of sp³-hybridized carbons (Fsp3) is 0.611. The van der Waals surface area contributed by atoms with Crippen molar-refractivity contribution in [2.75, 3.05) is 46.6 Å². The third-order valence-corrected chi connectivity index (χ3v) is 3.32. The lowest BCUT2D eigenvalue weighted by Gasteiger charge is -2.12. The van der Waals surface area contributed by atoms with E-state index in [2.05, 4.69) is 39.9 Å². The molecule has 5 heteroatoms. The number of nitrogens with one attached hydrogen (secondary N) is 2. The van der Waals surface area contributed by atoms with Crippen molar-refractivity contribution in [2.24, 2.45) is 4.99 Å². The van der Waals surface area contributed by atoms with Gasteiger partial charge in [0.1, 0.15) is 0 Å². The summed E-state index contributed by atoms with van der Waals surface area (Å²) in [4.78, 5) is 4.19. The third kappa shape index (κ3) is 10.7. The van der Waals surface area contributed by atoms with Crippen molar-refractivity contribution in [3.05, 3.63) is 35.9 Å². The van der Waals surface area contributed by atoms with Crippen molar-refractivity contribution in [1.82, 2.24) is 10.6 Å². The largest absolute Gasteiger partial charge is 0.382 e. The van der Waals surface area contributed by atoms with Gasteiger partial charge in [0.15, 0.2) is 5.96 Å². The van der Waals surface area contributed by atoms with Crippen LogP contribution in [0.1, 0.15) is 25.3 Å². The van der Waals surface area contributed by atoms with Crippen LogP contribution in [0.15, 0.2) is 35.3 Å². The summed E-state index contributed by atoms with van der Waals surface area (Å²) in [7, 11) is 1.79. The predicted octanol–water partition coefficient (Wildman–Crippen LogP) is 2.23. The number of hydrogen-bond donors (Lipinski definition) is 2. The van der Waals surface area contributed by atoms with Crippen LogP contribution in [0.5, 0.6) is 0 Å². The lowest BCUT2D eigenvalue weighted by atomic mass is 10.2. The minimum Gasteiger partial charge on any atom is -0.382 e. The maximum Gasteiger partial charge on any atom is 0.190 e. The lowest BCUT2D eigenvalue weighted by Crippen LogP contribution is -2.38. The molecule has 0 atom stereocenters. The first-order valence-corrected chi connectivity index (χ1v) is 8.50. The van der Waals surface area contributed by atoms with Gasteiger partial charge in [-0.1, -0.05) is 30.3 Å². The molecule has 0 aliphatic rings. The maximum absolute atomic E-state index is 5.66. The average Bonchev–Trinajstić information content (AvgIpc) is 2.59. The van der Waals surface area contributed by atoms with E-state index in [1.807, 2.05) is 13.0 Å². The Morgan fingerprint density at radius 3 is 2.22 bits per heavy atom. The van der Waals surface area contributed by atoms with Gasteiger partial charge in [-0.15, -0.1) is 0 Å². The molecule has 5 nitrogen and oxygen atoms in total. The fourth-order valence-corrected chi connectivity index (χ4v) is 2.06. The Hall–Kier alpha value is -1.59. The molecule has 0 saturated carbocycles. The number of nitrogens with zero attached hydrogens (tertiary/aromatic N) is 1. The molecular weight excluding hydrogens is 290 g/mol. The molecule has 0 saturated heterocycles. The molecule has 0 aliphatic carbocycles. The van der Waals surface area contributed by atoms with E-state index in [9.17, 15) is 0 Å². The first-order valence-electron chi connectivity index (χ1n) is 8.50. The van der Waals surface area contributed by atoms with Gasteiger partial charge in [0.2, 0.25) is 0 Å². The van der Waals surface area contributed by atoms with Crippen LogP contribution in [0.25, 0.3) is 0 Å². The minimum atomic E-state index is 0.765. The lowest BCUT2D eigenvalue weighted by molar-refractivity contribution is 0.135. The van der Waals surface area contributed by atoms with Crippen LogP contribution in [-0.4, -0.2) is 52.5 Å². The third-order valence-electron chi connectivity index (χ3n) is 3.32. The molecule has 130 valence electrons. The van der Waals surface area contributed by atoms with Gasteiger partial charge in [0, 0.05) is 40.0 Å². The van der Waals surface area contributed by atoms with Crippen LogP contribution in [0.4, 0.5) is 0 Å². The summed E-state index contributed by atoms with van der Waals surface area (Å²) in [5.41, 5.74) is 1.32. The van der Waals surface area contributed by atoms with Gasteiger partial charge in [-0.2, -0.15) is 0 Å². The van der Waals surface area contributed by atoms with Gasteiger partial charge in [-0.05, 0) is 31.7 Å².